The van der Waals surface area contributed by atoms with Crippen molar-refractivity contribution in [2.24, 2.45) is 5.92 Å². The summed E-state index contributed by atoms with van der Waals surface area (Å²) in [7, 11) is 0. The van der Waals surface area contributed by atoms with Crippen molar-refractivity contribution in [3.63, 3.8) is 0 Å². The highest BCUT2D eigenvalue weighted by molar-refractivity contribution is 7.08. The number of hydrogen-bond acceptors (Lipinski definition) is 4. The van der Waals surface area contributed by atoms with Crippen LogP contribution in [0.15, 0.2) is 0 Å². The molecule has 1 heterocycles. The number of carbonyl (C=O) groups excluding carboxylic acids is 1. The van der Waals surface area contributed by atoms with Crippen LogP contribution in [-0.4, -0.2) is 15.4 Å². The zero-order valence-corrected chi connectivity index (χ0v) is 9.73. The number of ketones is 1. The molecule has 0 radical (unpaired) electrons. The van der Waals surface area contributed by atoms with Gasteiger partial charge >= 0.3 is 0 Å². The van der Waals surface area contributed by atoms with E-state index in [9.17, 15) is 4.79 Å². The third kappa shape index (κ3) is 2.38. The van der Waals surface area contributed by atoms with Gasteiger partial charge in [-0.25, -0.2) is 0 Å². The number of hydrogen-bond donors (Lipinski definition) is 0. The first-order valence-electron chi connectivity index (χ1n) is 5.06. The molecule has 0 saturated carbocycles. The Kier molecular flexibility index (Phi) is 4.20. The minimum atomic E-state index is 0.104. The SMILES string of the molecule is CCCC(C)C(=O)c1snnc1CC. The molecule has 1 unspecified atom stereocenters. The summed E-state index contributed by atoms with van der Waals surface area (Å²) in [5, 5.41) is 3.95. The fourth-order valence-corrected chi connectivity index (χ4v) is 2.22. The summed E-state index contributed by atoms with van der Waals surface area (Å²) in [5.41, 5.74) is 0.850. The van der Waals surface area contributed by atoms with Gasteiger partial charge in [0.2, 0.25) is 0 Å². The third-order valence-electron chi connectivity index (χ3n) is 2.28. The summed E-state index contributed by atoms with van der Waals surface area (Å²) < 4.78 is 3.83. The molecule has 0 aromatic carbocycles. The van der Waals surface area contributed by atoms with Crippen LogP contribution in [0.4, 0.5) is 0 Å². The Labute approximate surface area is 88.7 Å². The molecule has 78 valence electrons. The monoisotopic (exact) mass is 212 g/mol. The van der Waals surface area contributed by atoms with Gasteiger partial charge in [-0.15, -0.1) is 5.10 Å². The summed E-state index contributed by atoms with van der Waals surface area (Å²) in [6, 6.07) is 0. The Balaban J connectivity index is 2.78. The predicted octanol–water partition coefficient (Wildman–Crippen LogP) is 2.72. The van der Waals surface area contributed by atoms with E-state index in [0.717, 1.165) is 29.8 Å². The van der Waals surface area contributed by atoms with Crippen LogP contribution in [0.25, 0.3) is 0 Å². The third-order valence-corrected chi connectivity index (χ3v) is 3.07. The molecule has 1 aromatic heterocycles. The van der Waals surface area contributed by atoms with Gasteiger partial charge in [-0.1, -0.05) is 31.7 Å². The van der Waals surface area contributed by atoms with Gasteiger partial charge in [0.05, 0.1) is 5.69 Å². The normalized spacial score (nSPS) is 12.8. The highest BCUT2D eigenvalue weighted by atomic mass is 32.1. The molecule has 14 heavy (non-hydrogen) atoms. The fraction of sp³-hybridized carbons (Fsp3) is 0.700. The second-order valence-electron chi connectivity index (χ2n) is 3.46. The molecule has 0 amide bonds. The van der Waals surface area contributed by atoms with Crippen LogP contribution in [0, 0.1) is 5.92 Å². The van der Waals surface area contributed by atoms with Crippen LogP contribution < -0.4 is 0 Å². The van der Waals surface area contributed by atoms with Gasteiger partial charge in [-0.2, -0.15) is 0 Å². The molecule has 1 aromatic rings. The Morgan fingerprint density at radius 1 is 1.50 bits per heavy atom. The summed E-state index contributed by atoms with van der Waals surface area (Å²) in [6.45, 7) is 6.07. The summed E-state index contributed by atoms with van der Waals surface area (Å²) in [6.07, 6.45) is 2.77. The maximum Gasteiger partial charge on any atom is 0.179 e. The van der Waals surface area contributed by atoms with Crippen molar-refractivity contribution in [3.8, 4) is 0 Å². The van der Waals surface area contributed by atoms with Gasteiger partial charge in [0, 0.05) is 5.92 Å². The molecule has 0 bridgehead atoms. The lowest BCUT2D eigenvalue weighted by Gasteiger charge is -2.06. The number of rotatable bonds is 5. The van der Waals surface area contributed by atoms with E-state index in [1.54, 1.807) is 0 Å². The molecular weight excluding hydrogens is 196 g/mol. The predicted molar refractivity (Wildman–Crippen MR) is 57.7 cm³/mol. The Bertz CT molecular complexity index is 309. The van der Waals surface area contributed by atoms with Crippen molar-refractivity contribution in [1.29, 1.82) is 0 Å². The maximum atomic E-state index is 11.9. The first-order chi connectivity index (χ1) is 6.70. The number of carbonyl (C=O) groups is 1. The lowest BCUT2D eigenvalue weighted by Crippen LogP contribution is -2.11. The summed E-state index contributed by atoms with van der Waals surface area (Å²) in [5.74, 6) is 0.311. The van der Waals surface area contributed by atoms with Crippen LogP contribution in [0.1, 0.15) is 49.0 Å². The van der Waals surface area contributed by atoms with Gasteiger partial charge in [0.25, 0.3) is 0 Å². The minimum absolute atomic E-state index is 0.104. The standard InChI is InChI=1S/C10H16N2OS/c1-4-6-7(3)9(13)10-8(5-2)11-12-14-10/h7H,4-6H2,1-3H3. The second-order valence-corrected chi connectivity index (χ2v) is 4.21. The van der Waals surface area contributed by atoms with Crippen LogP contribution in [0.3, 0.4) is 0 Å². The van der Waals surface area contributed by atoms with Crippen molar-refractivity contribution >= 4 is 17.3 Å². The Morgan fingerprint density at radius 3 is 2.79 bits per heavy atom. The van der Waals surface area contributed by atoms with E-state index in [2.05, 4.69) is 16.5 Å². The van der Waals surface area contributed by atoms with E-state index in [4.69, 9.17) is 0 Å². The Morgan fingerprint density at radius 2 is 2.21 bits per heavy atom. The van der Waals surface area contributed by atoms with E-state index in [0.29, 0.717) is 0 Å². The summed E-state index contributed by atoms with van der Waals surface area (Å²) >= 11 is 1.23. The van der Waals surface area contributed by atoms with E-state index in [1.165, 1.54) is 11.5 Å². The zero-order chi connectivity index (χ0) is 10.6. The van der Waals surface area contributed by atoms with E-state index in [1.807, 2.05) is 13.8 Å². The first-order valence-corrected chi connectivity index (χ1v) is 5.83. The van der Waals surface area contributed by atoms with Gasteiger partial charge < -0.3 is 0 Å². The fourth-order valence-electron chi connectivity index (χ4n) is 1.41. The maximum absolute atomic E-state index is 11.9. The van der Waals surface area contributed by atoms with Crippen LogP contribution in [-0.2, 0) is 6.42 Å². The van der Waals surface area contributed by atoms with Crippen molar-refractivity contribution in [2.45, 2.75) is 40.0 Å². The number of nitrogens with zero attached hydrogens (tertiary/aromatic N) is 2. The van der Waals surface area contributed by atoms with Crippen molar-refractivity contribution in [2.75, 3.05) is 0 Å². The van der Waals surface area contributed by atoms with Crippen LogP contribution in [0.5, 0.6) is 0 Å². The highest BCUT2D eigenvalue weighted by Gasteiger charge is 2.20. The molecule has 0 aliphatic carbocycles. The van der Waals surface area contributed by atoms with Gasteiger partial charge in [0.1, 0.15) is 4.88 Å². The van der Waals surface area contributed by atoms with E-state index in [-0.39, 0.29) is 11.7 Å². The second kappa shape index (κ2) is 5.20. The molecule has 0 N–H and O–H groups in total. The Hall–Kier alpha value is -0.770. The number of aryl methyl sites for hydroxylation is 1. The van der Waals surface area contributed by atoms with Crippen molar-refractivity contribution in [1.82, 2.24) is 9.59 Å². The van der Waals surface area contributed by atoms with E-state index >= 15 is 0 Å². The topological polar surface area (TPSA) is 42.9 Å². The molecule has 1 atom stereocenters. The molecule has 0 saturated heterocycles. The molecule has 0 fully saturated rings. The molecule has 1 rings (SSSR count). The van der Waals surface area contributed by atoms with Crippen LogP contribution in [0.2, 0.25) is 0 Å². The molecule has 0 aliphatic heterocycles. The van der Waals surface area contributed by atoms with E-state index < -0.39 is 0 Å². The van der Waals surface area contributed by atoms with Gasteiger partial charge in [-0.05, 0) is 24.4 Å². The highest BCUT2D eigenvalue weighted by Crippen LogP contribution is 2.19. The minimum Gasteiger partial charge on any atom is -0.293 e. The first kappa shape index (κ1) is 11.3. The molecular formula is C10H16N2OS. The number of Topliss-reactive ketones (excluding diaryl/α,β-unsaturated/α-hetero) is 1. The summed E-state index contributed by atoms with van der Waals surface area (Å²) in [4.78, 5) is 12.7. The molecule has 4 heteroatoms. The van der Waals surface area contributed by atoms with Crippen molar-refractivity contribution in [3.05, 3.63) is 10.6 Å². The lowest BCUT2D eigenvalue weighted by atomic mass is 9.99. The van der Waals surface area contributed by atoms with Crippen LogP contribution >= 0.6 is 11.5 Å². The van der Waals surface area contributed by atoms with Crippen molar-refractivity contribution < 1.29 is 4.79 Å². The smallest absolute Gasteiger partial charge is 0.179 e. The lowest BCUT2D eigenvalue weighted by molar-refractivity contribution is 0.0926. The average Bonchev–Trinajstić information content (AvgIpc) is 2.64. The zero-order valence-electron chi connectivity index (χ0n) is 8.91. The number of aromatic nitrogens is 2. The largest absolute Gasteiger partial charge is 0.293 e. The molecule has 0 spiro atoms. The molecule has 0 aliphatic rings. The molecule has 3 nitrogen and oxygen atoms in total. The quantitative estimate of drug-likeness (QED) is 0.705. The van der Waals surface area contributed by atoms with Gasteiger partial charge in [0.15, 0.2) is 5.78 Å². The van der Waals surface area contributed by atoms with Gasteiger partial charge in [-0.3, -0.25) is 4.79 Å². The average molecular weight is 212 g/mol.